The summed E-state index contributed by atoms with van der Waals surface area (Å²) >= 11 is 5.84. The highest BCUT2D eigenvalue weighted by Crippen LogP contribution is 2.23. The molecule has 0 saturated carbocycles. The topological polar surface area (TPSA) is 42.7 Å². The zero-order valence-corrected chi connectivity index (χ0v) is 9.12. The minimum atomic E-state index is 0.377. The van der Waals surface area contributed by atoms with Gasteiger partial charge in [-0.25, -0.2) is 4.98 Å². The number of aromatic nitrogens is 3. The van der Waals surface area contributed by atoms with E-state index in [0.717, 1.165) is 24.1 Å². The lowest BCUT2D eigenvalue weighted by Crippen LogP contribution is -2.31. The normalized spacial score (nSPS) is 20.5. The van der Waals surface area contributed by atoms with Crippen molar-refractivity contribution in [1.82, 2.24) is 20.1 Å². The highest BCUT2D eigenvalue weighted by Gasteiger charge is 2.20. The Hall–Kier alpha value is -1.13. The summed E-state index contributed by atoms with van der Waals surface area (Å²) in [6, 6.07) is 4.18. The maximum absolute atomic E-state index is 5.84. The monoisotopic (exact) mass is 222 g/mol. The van der Waals surface area contributed by atoms with E-state index in [0.29, 0.717) is 11.2 Å². The van der Waals surface area contributed by atoms with Crippen molar-refractivity contribution in [1.29, 1.82) is 0 Å². The minimum absolute atomic E-state index is 0.377. The third kappa shape index (κ3) is 1.33. The van der Waals surface area contributed by atoms with Crippen LogP contribution in [0.15, 0.2) is 12.1 Å². The number of nitrogens with one attached hydrogen (secondary N) is 1. The SMILES string of the molecule is C[C@@H]1CNCc2c3ccc(Cl)nc3nn21. The molecule has 0 fully saturated rings. The predicted octanol–water partition coefficient (Wildman–Crippen LogP) is 1.75. The highest BCUT2D eigenvalue weighted by molar-refractivity contribution is 6.29. The second kappa shape index (κ2) is 3.18. The van der Waals surface area contributed by atoms with E-state index >= 15 is 0 Å². The number of fused-ring (bicyclic) bond motifs is 3. The fourth-order valence-electron chi connectivity index (χ4n) is 2.04. The Balaban J connectivity index is 2.30. The molecule has 0 saturated heterocycles. The average Bonchev–Trinajstić information content (AvgIpc) is 2.57. The van der Waals surface area contributed by atoms with Gasteiger partial charge in [0.05, 0.1) is 11.7 Å². The van der Waals surface area contributed by atoms with Gasteiger partial charge >= 0.3 is 0 Å². The first-order chi connectivity index (χ1) is 7.25. The Morgan fingerprint density at radius 2 is 2.40 bits per heavy atom. The molecule has 0 bridgehead atoms. The average molecular weight is 223 g/mol. The molecule has 1 aliphatic heterocycles. The summed E-state index contributed by atoms with van der Waals surface area (Å²) in [7, 11) is 0. The van der Waals surface area contributed by atoms with E-state index in [1.165, 1.54) is 5.69 Å². The van der Waals surface area contributed by atoms with E-state index in [-0.39, 0.29) is 0 Å². The van der Waals surface area contributed by atoms with Gasteiger partial charge in [0.1, 0.15) is 5.15 Å². The number of pyridine rings is 1. The van der Waals surface area contributed by atoms with Crippen LogP contribution in [-0.2, 0) is 6.54 Å². The summed E-state index contributed by atoms with van der Waals surface area (Å²) < 4.78 is 2.05. The van der Waals surface area contributed by atoms with Crippen LogP contribution in [0.2, 0.25) is 5.15 Å². The number of hydrogen-bond acceptors (Lipinski definition) is 3. The minimum Gasteiger partial charge on any atom is -0.309 e. The molecule has 1 atom stereocenters. The summed E-state index contributed by atoms with van der Waals surface area (Å²) in [6.07, 6.45) is 0. The van der Waals surface area contributed by atoms with Gasteiger partial charge in [0.15, 0.2) is 5.65 Å². The van der Waals surface area contributed by atoms with E-state index < -0.39 is 0 Å². The fourth-order valence-corrected chi connectivity index (χ4v) is 2.18. The van der Waals surface area contributed by atoms with Crippen molar-refractivity contribution in [3.63, 3.8) is 0 Å². The first-order valence-electron chi connectivity index (χ1n) is 5.00. The molecule has 0 aliphatic carbocycles. The lowest BCUT2D eigenvalue weighted by atomic mass is 10.2. The van der Waals surface area contributed by atoms with Gasteiger partial charge in [-0.15, -0.1) is 0 Å². The second-order valence-corrected chi connectivity index (χ2v) is 4.26. The third-order valence-corrected chi connectivity index (χ3v) is 2.99. The number of halogens is 1. The molecule has 15 heavy (non-hydrogen) atoms. The lowest BCUT2D eigenvalue weighted by Gasteiger charge is -2.21. The van der Waals surface area contributed by atoms with Crippen LogP contribution in [0.1, 0.15) is 18.7 Å². The second-order valence-electron chi connectivity index (χ2n) is 3.88. The van der Waals surface area contributed by atoms with Crippen molar-refractivity contribution in [3.8, 4) is 0 Å². The Bertz CT molecular complexity index is 519. The summed E-state index contributed by atoms with van der Waals surface area (Å²) in [5, 5.41) is 9.43. The van der Waals surface area contributed by atoms with Crippen LogP contribution in [-0.4, -0.2) is 21.3 Å². The lowest BCUT2D eigenvalue weighted by molar-refractivity contribution is 0.395. The quantitative estimate of drug-likeness (QED) is 0.691. The summed E-state index contributed by atoms with van der Waals surface area (Å²) in [6.45, 7) is 3.95. The first kappa shape index (κ1) is 9.12. The Kier molecular flexibility index (Phi) is 1.94. The molecule has 0 aromatic carbocycles. The van der Waals surface area contributed by atoms with Crippen LogP contribution in [0.4, 0.5) is 0 Å². The molecule has 2 aromatic heterocycles. The molecule has 0 amide bonds. The molecule has 0 spiro atoms. The standard InChI is InChI=1S/C10H11ClN4/c1-6-4-12-5-8-7-2-3-9(11)13-10(7)14-15(6)8/h2-3,6,12H,4-5H2,1H3/t6-/m1/s1. The van der Waals surface area contributed by atoms with Gasteiger partial charge in [0, 0.05) is 18.5 Å². The van der Waals surface area contributed by atoms with Crippen LogP contribution in [0.5, 0.6) is 0 Å². The van der Waals surface area contributed by atoms with Crippen LogP contribution in [0.25, 0.3) is 11.0 Å². The van der Waals surface area contributed by atoms with E-state index in [1.54, 1.807) is 0 Å². The Morgan fingerprint density at radius 3 is 3.27 bits per heavy atom. The van der Waals surface area contributed by atoms with Crippen LogP contribution >= 0.6 is 11.6 Å². The molecule has 0 unspecified atom stereocenters. The van der Waals surface area contributed by atoms with Crippen molar-refractivity contribution in [2.24, 2.45) is 0 Å². The Labute approximate surface area is 92.2 Å². The molecule has 3 heterocycles. The van der Waals surface area contributed by atoms with Crippen molar-refractivity contribution < 1.29 is 0 Å². The summed E-state index contributed by atoms with van der Waals surface area (Å²) in [5.41, 5.74) is 1.95. The maximum atomic E-state index is 5.84. The molecule has 2 aromatic rings. The van der Waals surface area contributed by atoms with E-state index in [4.69, 9.17) is 11.6 Å². The molecule has 78 valence electrons. The van der Waals surface area contributed by atoms with E-state index in [1.807, 2.05) is 16.8 Å². The van der Waals surface area contributed by atoms with Gasteiger partial charge in [0.2, 0.25) is 0 Å². The smallest absolute Gasteiger partial charge is 0.182 e. The summed E-state index contributed by atoms with van der Waals surface area (Å²) in [5.74, 6) is 0. The van der Waals surface area contributed by atoms with Gasteiger partial charge in [0.25, 0.3) is 0 Å². The zero-order chi connectivity index (χ0) is 10.4. The molecule has 3 rings (SSSR count). The largest absolute Gasteiger partial charge is 0.309 e. The third-order valence-electron chi connectivity index (χ3n) is 2.78. The molecule has 4 nitrogen and oxygen atoms in total. The highest BCUT2D eigenvalue weighted by atomic mass is 35.5. The fraction of sp³-hybridized carbons (Fsp3) is 0.400. The van der Waals surface area contributed by atoms with Gasteiger partial charge in [-0.1, -0.05) is 11.6 Å². The van der Waals surface area contributed by atoms with Crippen molar-refractivity contribution in [2.45, 2.75) is 19.5 Å². The van der Waals surface area contributed by atoms with Crippen molar-refractivity contribution in [3.05, 3.63) is 23.0 Å². The van der Waals surface area contributed by atoms with Crippen molar-refractivity contribution >= 4 is 22.6 Å². The summed E-state index contributed by atoms with van der Waals surface area (Å²) in [4.78, 5) is 4.22. The van der Waals surface area contributed by atoms with Crippen LogP contribution in [0, 0.1) is 0 Å². The molecular weight excluding hydrogens is 212 g/mol. The van der Waals surface area contributed by atoms with Gasteiger partial charge in [-0.3, -0.25) is 4.68 Å². The maximum Gasteiger partial charge on any atom is 0.182 e. The molecule has 1 N–H and O–H groups in total. The molecule has 5 heteroatoms. The van der Waals surface area contributed by atoms with Crippen LogP contribution < -0.4 is 5.32 Å². The van der Waals surface area contributed by atoms with Crippen LogP contribution in [0.3, 0.4) is 0 Å². The van der Waals surface area contributed by atoms with Gasteiger partial charge in [-0.2, -0.15) is 5.10 Å². The van der Waals surface area contributed by atoms with Crippen molar-refractivity contribution in [2.75, 3.05) is 6.54 Å². The first-order valence-corrected chi connectivity index (χ1v) is 5.38. The number of hydrogen-bond donors (Lipinski definition) is 1. The Morgan fingerprint density at radius 1 is 1.53 bits per heavy atom. The van der Waals surface area contributed by atoms with E-state index in [2.05, 4.69) is 22.3 Å². The predicted molar refractivity (Wildman–Crippen MR) is 59.0 cm³/mol. The zero-order valence-electron chi connectivity index (χ0n) is 8.37. The number of rotatable bonds is 0. The van der Waals surface area contributed by atoms with Gasteiger partial charge < -0.3 is 5.32 Å². The van der Waals surface area contributed by atoms with E-state index in [9.17, 15) is 0 Å². The van der Waals surface area contributed by atoms with Gasteiger partial charge in [-0.05, 0) is 19.1 Å². The molecular formula is C10H11ClN4. The number of nitrogens with zero attached hydrogens (tertiary/aromatic N) is 3. The molecule has 1 aliphatic rings. The molecule has 0 radical (unpaired) electrons.